The fourth-order valence-electron chi connectivity index (χ4n) is 3.41. The second-order valence-electron chi connectivity index (χ2n) is 6.75. The number of hydrogen-bond donors (Lipinski definition) is 2. The summed E-state index contributed by atoms with van der Waals surface area (Å²) in [5.74, 6) is -0.329. The van der Waals surface area contributed by atoms with Gasteiger partial charge >= 0.3 is 6.03 Å². The first-order valence-electron chi connectivity index (χ1n) is 8.71. The van der Waals surface area contributed by atoms with E-state index in [2.05, 4.69) is 15.3 Å². The van der Waals surface area contributed by atoms with Gasteiger partial charge in [-0.25, -0.2) is 14.2 Å². The van der Waals surface area contributed by atoms with Crippen molar-refractivity contribution >= 4 is 32.7 Å². The fraction of sp³-hybridized carbons (Fsp3) is 0.316. The summed E-state index contributed by atoms with van der Waals surface area (Å²) in [6.07, 6.45) is 2.52. The molecule has 8 heteroatoms. The largest absolute Gasteiger partial charge is 0.383 e. The molecule has 2 amide bonds. The Labute approximate surface area is 159 Å². The topological polar surface area (TPSA) is 78.4 Å². The van der Waals surface area contributed by atoms with Gasteiger partial charge < -0.3 is 10.0 Å². The van der Waals surface area contributed by atoms with E-state index in [9.17, 15) is 14.3 Å². The van der Waals surface area contributed by atoms with Crippen LogP contribution in [0.3, 0.4) is 0 Å². The number of aromatic nitrogens is 2. The smallest absolute Gasteiger partial charge is 0.323 e. The number of anilines is 1. The predicted octanol–water partition coefficient (Wildman–Crippen LogP) is 3.65. The van der Waals surface area contributed by atoms with Crippen LogP contribution in [-0.2, 0) is 5.60 Å². The van der Waals surface area contributed by atoms with Crippen molar-refractivity contribution in [2.45, 2.75) is 25.4 Å². The van der Waals surface area contributed by atoms with Crippen LogP contribution in [0.25, 0.3) is 10.2 Å². The SMILES string of the molecule is Cc1cccnc1C1(O)CCN(C(=O)Nc2nc3ccc(F)cc3s2)CC1. The van der Waals surface area contributed by atoms with Crippen molar-refractivity contribution in [1.29, 1.82) is 0 Å². The Kier molecular flexibility index (Phi) is 4.53. The maximum atomic E-state index is 13.3. The van der Waals surface area contributed by atoms with Crippen molar-refractivity contribution < 1.29 is 14.3 Å². The van der Waals surface area contributed by atoms with Crippen molar-refractivity contribution in [3.05, 3.63) is 53.6 Å². The lowest BCUT2D eigenvalue weighted by Crippen LogP contribution is -2.47. The van der Waals surface area contributed by atoms with Gasteiger partial charge in [-0.2, -0.15) is 0 Å². The maximum absolute atomic E-state index is 13.3. The van der Waals surface area contributed by atoms with Crippen LogP contribution < -0.4 is 5.32 Å². The first-order valence-corrected chi connectivity index (χ1v) is 9.53. The average molecular weight is 386 g/mol. The zero-order chi connectivity index (χ0) is 19.0. The van der Waals surface area contributed by atoms with Crippen LogP contribution in [0.4, 0.5) is 14.3 Å². The number of likely N-dealkylation sites (tertiary alicyclic amines) is 1. The van der Waals surface area contributed by atoms with Crippen molar-refractivity contribution in [3.8, 4) is 0 Å². The zero-order valence-electron chi connectivity index (χ0n) is 14.8. The molecule has 0 bridgehead atoms. The highest BCUT2D eigenvalue weighted by Crippen LogP contribution is 2.33. The van der Waals surface area contributed by atoms with Gasteiger partial charge in [0.25, 0.3) is 0 Å². The van der Waals surface area contributed by atoms with E-state index >= 15 is 0 Å². The van der Waals surface area contributed by atoms with Crippen LogP contribution in [0.5, 0.6) is 0 Å². The number of benzene rings is 1. The highest BCUT2D eigenvalue weighted by Gasteiger charge is 2.37. The first kappa shape index (κ1) is 17.8. The molecule has 1 aliphatic heterocycles. The number of nitrogens with zero attached hydrogens (tertiary/aromatic N) is 3. The molecule has 0 saturated carbocycles. The Morgan fingerprint density at radius 2 is 2.11 bits per heavy atom. The third-order valence-electron chi connectivity index (χ3n) is 4.89. The Hall–Kier alpha value is -2.58. The summed E-state index contributed by atoms with van der Waals surface area (Å²) in [5.41, 5.74) is 1.25. The Morgan fingerprint density at radius 1 is 1.33 bits per heavy atom. The number of urea groups is 1. The normalized spacial score (nSPS) is 16.5. The van der Waals surface area contributed by atoms with Gasteiger partial charge in [-0.05, 0) is 49.6 Å². The van der Waals surface area contributed by atoms with Crippen molar-refractivity contribution in [1.82, 2.24) is 14.9 Å². The summed E-state index contributed by atoms with van der Waals surface area (Å²) in [7, 11) is 0. The quantitative estimate of drug-likeness (QED) is 0.705. The summed E-state index contributed by atoms with van der Waals surface area (Å²) >= 11 is 1.23. The molecule has 0 unspecified atom stereocenters. The van der Waals surface area contributed by atoms with E-state index in [4.69, 9.17) is 0 Å². The molecule has 0 aliphatic carbocycles. The molecule has 6 nitrogen and oxygen atoms in total. The summed E-state index contributed by atoms with van der Waals surface area (Å²) in [4.78, 5) is 22.8. The highest BCUT2D eigenvalue weighted by molar-refractivity contribution is 7.22. The number of halogens is 1. The summed E-state index contributed by atoms with van der Waals surface area (Å²) in [5, 5.41) is 14.2. The molecule has 1 aliphatic rings. The molecule has 27 heavy (non-hydrogen) atoms. The average Bonchev–Trinajstić information content (AvgIpc) is 3.03. The van der Waals surface area contributed by atoms with Gasteiger partial charge in [0, 0.05) is 19.3 Å². The Bertz CT molecular complexity index is 998. The number of amides is 2. The molecule has 3 heterocycles. The van der Waals surface area contributed by atoms with Gasteiger partial charge in [-0.3, -0.25) is 10.3 Å². The number of pyridine rings is 1. The number of aliphatic hydroxyl groups is 1. The molecule has 0 spiro atoms. The second kappa shape index (κ2) is 6.86. The van der Waals surface area contributed by atoms with E-state index in [0.29, 0.717) is 47.0 Å². The summed E-state index contributed by atoms with van der Waals surface area (Å²) in [6.45, 7) is 2.76. The molecule has 1 saturated heterocycles. The number of piperidine rings is 1. The van der Waals surface area contributed by atoms with Gasteiger partial charge in [0.15, 0.2) is 5.13 Å². The minimum absolute atomic E-state index is 0.269. The third kappa shape index (κ3) is 3.50. The number of nitrogens with one attached hydrogen (secondary N) is 1. The van der Waals surface area contributed by atoms with Crippen LogP contribution in [-0.4, -0.2) is 39.1 Å². The van der Waals surface area contributed by atoms with E-state index in [0.717, 1.165) is 5.56 Å². The number of thiazole rings is 1. The molecule has 1 fully saturated rings. The van der Waals surface area contributed by atoms with Crippen molar-refractivity contribution in [2.24, 2.45) is 0 Å². The van der Waals surface area contributed by atoms with Crippen LogP contribution >= 0.6 is 11.3 Å². The Balaban J connectivity index is 1.43. The number of fused-ring (bicyclic) bond motifs is 1. The minimum atomic E-state index is -1.02. The van der Waals surface area contributed by atoms with Crippen LogP contribution in [0, 0.1) is 12.7 Å². The van der Waals surface area contributed by atoms with E-state index in [1.54, 1.807) is 17.2 Å². The lowest BCUT2D eigenvalue weighted by atomic mass is 9.86. The van der Waals surface area contributed by atoms with E-state index in [1.165, 1.54) is 23.5 Å². The molecule has 140 valence electrons. The zero-order valence-corrected chi connectivity index (χ0v) is 15.6. The molecule has 0 radical (unpaired) electrons. The van der Waals surface area contributed by atoms with E-state index < -0.39 is 5.60 Å². The number of carbonyl (C=O) groups excluding carboxylic acids is 1. The minimum Gasteiger partial charge on any atom is -0.383 e. The van der Waals surface area contributed by atoms with Gasteiger partial charge in [0.2, 0.25) is 0 Å². The lowest BCUT2D eigenvalue weighted by molar-refractivity contribution is -0.0198. The lowest BCUT2D eigenvalue weighted by Gasteiger charge is -2.38. The second-order valence-corrected chi connectivity index (χ2v) is 7.78. The molecule has 1 aromatic carbocycles. The maximum Gasteiger partial charge on any atom is 0.323 e. The van der Waals surface area contributed by atoms with Gasteiger partial charge in [-0.15, -0.1) is 0 Å². The predicted molar refractivity (Wildman–Crippen MR) is 102 cm³/mol. The monoisotopic (exact) mass is 386 g/mol. The van der Waals surface area contributed by atoms with E-state index in [1.807, 2.05) is 19.1 Å². The fourth-order valence-corrected chi connectivity index (χ4v) is 4.29. The Morgan fingerprint density at radius 3 is 2.85 bits per heavy atom. The third-order valence-corrected chi connectivity index (χ3v) is 5.83. The van der Waals surface area contributed by atoms with Gasteiger partial charge in [0.1, 0.15) is 11.4 Å². The van der Waals surface area contributed by atoms with Crippen LogP contribution in [0.1, 0.15) is 24.1 Å². The number of rotatable bonds is 2. The molecule has 2 N–H and O–H groups in total. The summed E-state index contributed by atoms with van der Waals surface area (Å²) in [6, 6.07) is 7.84. The number of carbonyl (C=O) groups is 1. The molecule has 4 rings (SSSR count). The molecular weight excluding hydrogens is 367 g/mol. The molecular formula is C19H19FN4O2S. The van der Waals surface area contributed by atoms with Crippen LogP contribution in [0.2, 0.25) is 0 Å². The van der Waals surface area contributed by atoms with E-state index in [-0.39, 0.29) is 11.8 Å². The summed E-state index contributed by atoms with van der Waals surface area (Å²) < 4.78 is 14.0. The molecule has 2 aromatic heterocycles. The number of aryl methyl sites for hydroxylation is 1. The molecule has 0 atom stereocenters. The van der Waals surface area contributed by atoms with Crippen molar-refractivity contribution in [3.63, 3.8) is 0 Å². The number of hydrogen-bond acceptors (Lipinski definition) is 5. The molecule has 3 aromatic rings. The standard InChI is InChI=1S/C19H19FN4O2S/c1-12-3-2-8-21-16(12)19(26)6-9-24(10-7-19)18(25)23-17-22-14-5-4-13(20)11-15(14)27-17/h2-5,8,11,26H,6-7,9-10H2,1H3,(H,22,23,25). The first-order chi connectivity index (χ1) is 12.9. The highest BCUT2D eigenvalue weighted by atomic mass is 32.1. The van der Waals surface area contributed by atoms with Gasteiger partial charge in [0.05, 0.1) is 15.9 Å². The van der Waals surface area contributed by atoms with Crippen LogP contribution in [0.15, 0.2) is 36.5 Å². The van der Waals surface area contributed by atoms with Crippen molar-refractivity contribution in [2.75, 3.05) is 18.4 Å². The van der Waals surface area contributed by atoms with Gasteiger partial charge in [-0.1, -0.05) is 17.4 Å².